The van der Waals surface area contributed by atoms with Crippen molar-refractivity contribution < 1.29 is 13.7 Å². The molecular weight excluding hydrogens is 413 g/mol. The lowest BCUT2D eigenvalue weighted by Gasteiger charge is -2.07. The minimum absolute atomic E-state index is 0.0493. The van der Waals surface area contributed by atoms with Crippen LogP contribution in [0.1, 0.15) is 33.2 Å². The number of hydrogen-bond donors (Lipinski definition) is 1. The summed E-state index contributed by atoms with van der Waals surface area (Å²) < 4.78 is 19.2. The lowest BCUT2D eigenvalue weighted by molar-refractivity contribution is 0.0907. The Bertz CT molecular complexity index is 1330. The van der Waals surface area contributed by atoms with Crippen LogP contribution in [0.5, 0.6) is 0 Å². The molecule has 1 amide bonds. The monoisotopic (exact) mass is 433 g/mol. The molecule has 0 saturated carbocycles. The van der Waals surface area contributed by atoms with Gasteiger partial charge >= 0.3 is 11.8 Å². The van der Waals surface area contributed by atoms with Gasteiger partial charge < -0.3 is 9.84 Å². The van der Waals surface area contributed by atoms with Crippen LogP contribution in [0.2, 0.25) is 0 Å². The van der Waals surface area contributed by atoms with E-state index in [1.165, 1.54) is 28.4 Å². The maximum Gasteiger partial charge on any atom is 0.316 e. The van der Waals surface area contributed by atoms with Crippen LogP contribution in [0, 0.1) is 19.7 Å². The SMILES string of the molecule is Cc1ccc(-c2ccc(=O)n(Cc3noc(C(=O)NCc4ccc(F)cc4)n3)n2)cc1C. The van der Waals surface area contributed by atoms with E-state index < -0.39 is 5.91 Å². The molecule has 0 aliphatic heterocycles. The first-order valence-corrected chi connectivity index (χ1v) is 9.90. The van der Waals surface area contributed by atoms with Gasteiger partial charge in [0.05, 0.1) is 5.69 Å². The molecule has 0 fully saturated rings. The Balaban J connectivity index is 1.46. The Morgan fingerprint density at radius 1 is 1.06 bits per heavy atom. The van der Waals surface area contributed by atoms with Gasteiger partial charge in [0, 0.05) is 18.2 Å². The fraction of sp³-hybridized carbons (Fsp3) is 0.174. The molecule has 0 atom stereocenters. The van der Waals surface area contributed by atoms with Gasteiger partial charge in [0.25, 0.3) is 5.56 Å². The molecule has 0 saturated heterocycles. The summed E-state index contributed by atoms with van der Waals surface area (Å²) in [6.07, 6.45) is 0. The molecule has 2 aromatic heterocycles. The Morgan fingerprint density at radius 2 is 1.84 bits per heavy atom. The number of aromatic nitrogens is 4. The minimum Gasteiger partial charge on any atom is -0.344 e. The van der Waals surface area contributed by atoms with Crippen LogP contribution < -0.4 is 10.9 Å². The maximum absolute atomic E-state index is 13.0. The molecule has 162 valence electrons. The van der Waals surface area contributed by atoms with Crippen molar-refractivity contribution in [3.8, 4) is 11.3 Å². The highest BCUT2D eigenvalue weighted by molar-refractivity contribution is 5.89. The van der Waals surface area contributed by atoms with Gasteiger partial charge in [-0.15, -0.1) is 0 Å². The largest absolute Gasteiger partial charge is 0.344 e. The number of amides is 1. The highest BCUT2D eigenvalue weighted by Crippen LogP contribution is 2.19. The van der Waals surface area contributed by atoms with Gasteiger partial charge in [-0.2, -0.15) is 10.1 Å². The molecule has 4 rings (SSSR count). The zero-order chi connectivity index (χ0) is 22.7. The lowest BCUT2D eigenvalue weighted by atomic mass is 10.0. The summed E-state index contributed by atoms with van der Waals surface area (Å²) >= 11 is 0. The predicted molar refractivity (Wildman–Crippen MR) is 114 cm³/mol. The van der Waals surface area contributed by atoms with Crippen molar-refractivity contribution in [2.75, 3.05) is 0 Å². The molecule has 1 N–H and O–H groups in total. The Labute approximate surface area is 182 Å². The van der Waals surface area contributed by atoms with E-state index in [9.17, 15) is 14.0 Å². The second-order valence-electron chi connectivity index (χ2n) is 7.34. The van der Waals surface area contributed by atoms with E-state index in [0.717, 1.165) is 16.7 Å². The van der Waals surface area contributed by atoms with Crippen LogP contribution in [0.25, 0.3) is 11.3 Å². The summed E-state index contributed by atoms with van der Waals surface area (Å²) in [6.45, 7) is 4.16. The summed E-state index contributed by atoms with van der Waals surface area (Å²) in [4.78, 5) is 28.6. The molecule has 0 unspecified atom stereocenters. The van der Waals surface area contributed by atoms with Gasteiger partial charge in [0.15, 0.2) is 5.82 Å². The topological polar surface area (TPSA) is 103 Å². The Kier molecular flexibility index (Phi) is 5.89. The number of hydrogen-bond acceptors (Lipinski definition) is 6. The third kappa shape index (κ3) is 4.77. The number of carbonyl (C=O) groups excluding carboxylic acids is 1. The zero-order valence-electron chi connectivity index (χ0n) is 17.5. The lowest BCUT2D eigenvalue weighted by Crippen LogP contribution is -2.24. The molecule has 4 aromatic rings. The van der Waals surface area contributed by atoms with Crippen molar-refractivity contribution in [1.29, 1.82) is 0 Å². The van der Waals surface area contributed by atoms with Crippen molar-refractivity contribution in [3.63, 3.8) is 0 Å². The minimum atomic E-state index is -0.572. The van der Waals surface area contributed by atoms with Crippen LogP contribution in [0.3, 0.4) is 0 Å². The number of rotatable bonds is 6. The number of nitrogens with zero attached hydrogens (tertiary/aromatic N) is 4. The van der Waals surface area contributed by atoms with Gasteiger partial charge in [-0.25, -0.2) is 9.07 Å². The van der Waals surface area contributed by atoms with E-state index in [1.807, 2.05) is 32.0 Å². The highest BCUT2D eigenvalue weighted by atomic mass is 19.1. The molecule has 0 spiro atoms. The van der Waals surface area contributed by atoms with E-state index in [1.54, 1.807) is 18.2 Å². The zero-order valence-corrected chi connectivity index (χ0v) is 17.5. The smallest absolute Gasteiger partial charge is 0.316 e. The van der Waals surface area contributed by atoms with Crippen molar-refractivity contribution in [1.82, 2.24) is 25.2 Å². The summed E-state index contributed by atoms with van der Waals surface area (Å²) in [6, 6.07) is 14.8. The van der Waals surface area contributed by atoms with Crippen LogP contribution >= 0.6 is 0 Å². The molecular formula is C23H20FN5O3. The number of aryl methyl sites for hydroxylation is 2. The Morgan fingerprint density at radius 3 is 2.59 bits per heavy atom. The first-order chi connectivity index (χ1) is 15.4. The average Bonchev–Trinajstić information content (AvgIpc) is 3.25. The van der Waals surface area contributed by atoms with E-state index in [0.29, 0.717) is 5.69 Å². The molecule has 8 nitrogen and oxygen atoms in total. The molecule has 0 radical (unpaired) electrons. The van der Waals surface area contributed by atoms with Gasteiger partial charge in [-0.1, -0.05) is 29.4 Å². The van der Waals surface area contributed by atoms with E-state index >= 15 is 0 Å². The number of halogens is 1. The third-order valence-corrected chi connectivity index (χ3v) is 4.99. The summed E-state index contributed by atoms with van der Waals surface area (Å²) in [5.41, 5.74) is 4.20. The molecule has 0 bridgehead atoms. The normalized spacial score (nSPS) is 10.8. The van der Waals surface area contributed by atoms with Gasteiger partial charge in [-0.3, -0.25) is 9.59 Å². The molecule has 9 heteroatoms. The molecule has 2 aromatic carbocycles. The van der Waals surface area contributed by atoms with Gasteiger partial charge in [-0.05, 0) is 54.8 Å². The fourth-order valence-electron chi connectivity index (χ4n) is 3.02. The maximum atomic E-state index is 13.0. The fourth-order valence-corrected chi connectivity index (χ4v) is 3.02. The van der Waals surface area contributed by atoms with Gasteiger partial charge in [0.2, 0.25) is 0 Å². The third-order valence-electron chi connectivity index (χ3n) is 4.99. The first kappa shape index (κ1) is 21.1. The van der Waals surface area contributed by atoms with Crippen molar-refractivity contribution in [2.45, 2.75) is 26.9 Å². The molecule has 0 aliphatic carbocycles. The highest BCUT2D eigenvalue weighted by Gasteiger charge is 2.16. The van der Waals surface area contributed by atoms with Crippen LogP contribution in [-0.2, 0) is 13.1 Å². The second-order valence-corrected chi connectivity index (χ2v) is 7.34. The van der Waals surface area contributed by atoms with Crippen molar-refractivity contribution >= 4 is 5.91 Å². The number of nitrogens with one attached hydrogen (secondary N) is 1. The Hall–Kier alpha value is -4.14. The summed E-state index contributed by atoms with van der Waals surface area (Å²) in [5.74, 6) is -1.02. The van der Waals surface area contributed by atoms with Crippen molar-refractivity contribution in [2.24, 2.45) is 0 Å². The summed E-state index contributed by atoms with van der Waals surface area (Å²) in [5, 5.41) is 10.8. The summed E-state index contributed by atoms with van der Waals surface area (Å²) in [7, 11) is 0. The number of benzene rings is 2. The van der Waals surface area contributed by atoms with E-state index in [4.69, 9.17) is 4.52 Å². The molecule has 32 heavy (non-hydrogen) atoms. The van der Waals surface area contributed by atoms with Crippen LogP contribution in [-0.4, -0.2) is 25.8 Å². The molecule has 2 heterocycles. The second kappa shape index (κ2) is 8.93. The predicted octanol–water partition coefficient (Wildman–Crippen LogP) is 3.03. The van der Waals surface area contributed by atoms with E-state index in [2.05, 4.69) is 20.6 Å². The molecule has 0 aliphatic rings. The quantitative estimate of drug-likeness (QED) is 0.501. The number of carbonyl (C=O) groups is 1. The standard InChI is InChI=1S/C23H20FN5O3/c1-14-3-6-17(11-15(14)2)19-9-10-21(30)29(27-19)13-20-26-23(32-28-20)22(31)25-12-16-4-7-18(24)8-5-16/h3-11H,12-13H2,1-2H3,(H,25,31). The van der Waals surface area contributed by atoms with Crippen molar-refractivity contribution in [3.05, 3.63) is 99.2 Å². The van der Waals surface area contributed by atoms with Gasteiger partial charge in [0.1, 0.15) is 12.4 Å². The first-order valence-electron chi connectivity index (χ1n) is 9.90. The van der Waals surface area contributed by atoms with E-state index in [-0.39, 0.29) is 36.2 Å². The van der Waals surface area contributed by atoms with Crippen LogP contribution in [0.4, 0.5) is 4.39 Å². The van der Waals surface area contributed by atoms with Crippen LogP contribution in [0.15, 0.2) is 63.9 Å². The average molecular weight is 433 g/mol.